The molecule has 250 valence electrons. The minimum absolute atomic E-state index is 0.0213. The number of aromatic hydroxyl groups is 1. The number of aliphatic hydroxyl groups is 2. The smallest absolute Gasteiger partial charge is 0.310 e. The maximum Gasteiger partial charge on any atom is 0.310 e. The van der Waals surface area contributed by atoms with Gasteiger partial charge in [0.2, 0.25) is 0 Å². The molecule has 1 saturated carbocycles. The Kier molecular flexibility index (Phi) is 8.30. The number of hydrogen-bond acceptors (Lipinski definition) is 8. The van der Waals surface area contributed by atoms with Crippen LogP contribution in [0.25, 0.3) is 0 Å². The summed E-state index contributed by atoms with van der Waals surface area (Å²) in [5, 5.41) is 34.5. The quantitative estimate of drug-likeness (QED) is 0.257. The Bertz CT molecular complexity index is 1660. The molecule has 8 nitrogen and oxygen atoms in total. The molecule has 2 aromatic carbocycles. The summed E-state index contributed by atoms with van der Waals surface area (Å²) in [6, 6.07) is 14.7. The maximum absolute atomic E-state index is 13.9. The van der Waals surface area contributed by atoms with Crippen molar-refractivity contribution in [2.75, 3.05) is 13.7 Å². The van der Waals surface area contributed by atoms with Crippen LogP contribution in [0, 0.1) is 23.2 Å². The Hall–Kier alpha value is -3.72. The van der Waals surface area contributed by atoms with Gasteiger partial charge in [0.25, 0.3) is 0 Å². The standard InChI is InChI=1S/C39H46O8/c1-23(2)39-18-26(5)37(22-36(47-39,35(39)43)19-27-10-8-7-9-11-27)25(4)15-29(20-38(44)32(37)14-24(3)34(38)42)21-46-33(41)17-28-12-13-30(40)31(16-28)45-6/h7-16,25-26,32,35,40,43-44H,1,17-22H2,2-6H3/t25-,26-,32+,35?,36?,37-,38-,39-/m1/s1. The van der Waals surface area contributed by atoms with Crippen molar-refractivity contribution in [2.45, 2.75) is 82.7 Å². The van der Waals surface area contributed by atoms with Crippen LogP contribution in [-0.4, -0.2) is 63.7 Å². The summed E-state index contributed by atoms with van der Waals surface area (Å²) in [5.74, 6) is -1.37. The van der Waals surface area contributed by atoms with Crippen LogP contribution >= 0.6 is 0 Å². The van der Waals surface area contributed by atoms with Gasteiger partial charge < -0.3 is 29.5 Å². The van der Waals surface area contributed by atoms with Gasteiger partial charge in [0.05, 0.1) is 13.5 Å². The zero-order valence-electron chi connectivity index (χ0n) is 27.9. The normalized spacial score (nSPS) is 35.9. The highest BCUT2D eigenvalue weighted by Crippen LogP contribution is 2.68. The van der Waals surface area contributed by atoms with E-state index in [9.17, 15) is 24.9 Å². The number of ketones is 1. The number of Topliss-reactive ketones (excluding diaryl/α,β-unsaturated/α-hetero) is 1. The van der Waals surface area contributed by atoms with Gasteiger partial charge in [0.1, 0.15) is 29.5 Å². The van der Waals surface area contributed by atoms with Crippen molar-refractivity contribution in [3.05, 3.63) is 95.1 Å². The van der Waals surface area contributed by atoms with Gasteiger partial charge in [-0.1, -0.05) is 69.0 Å². The van der Waals surface area contributed by atoms with Gasteiger partial charge in [-0.05, 0) is 83.9 Å². The first kappa shape index (κ1) is 33.2. The number of rotatable bonds is 8. The van der Waals surface area contributed by atoms with Gasteiger partial charge in [-0.15, -0.1) is 0 Å². The Balaban J connectivity index is 1.36. The number of ether oxygens (including phenoxy) is 3. The summed E-state index contributed by atoms with van der Waals surface area (Å²) < 4.78 is 17.8. The Morgan fingerprint density at radius 2 is 1.83 bits per heavy atom. The first-order valence-electron chi connectivity index (χ1n) is 16.5. The number of methoxy groups -OCH3 is 1. The molecular formula is C39H46O8. The van der Waals surface area contributed by atoms with Gasteiger partial charge in [-0.2, -0.15) is 0 Å². The van der Waals surface area contributed by atoms with Crippen LogP contribution in [0.5, 0.6) is 11.5 Å². The van der Waals surface area contributed by atoms with Crippen LogP contribution in [0.1, 0.15) is 58.1 Å². The number of carbonyl (C=O) groups excluding carboxylic acids is 2. The van der Waals surface area contributed by atoms with Gasteiger partial charge in [-0.3, -0.25) is 9.59 Å². The molecule has 47 heavy (non-hydrogen) atoms. The molecule has 3 aliphatic carbocycles. The van der Waals surface area contributed by atoms with Crippen molar-refractivity contribution in [1.29, 1.82) is 0 Å². The molecule has 0 radical (unpaired) electrons. The van der Waals surface area contributed by atoms with E-state index in [-0.39, 0.29) is 48.6 Å². The van der Waals surface area contributed by atoms with E-state index in [4.69, 9.17) is 14.2 Å². The average molecular weight is 643 g/mol. The third-order valence-electron chi connectivity index (χ3n) is 11.6. The van der Waals surface area contributed by atoms with Gasteiger partial charge >= 0.3 is 5.97 Å². The molecule has 3 N–H and O–H groups in total. The van der Waals surface area contributed by atoms with E-state index in [2.05, 4.69) is 26.5 Å². The SMILES string of the molecule is C=C(C)[C@@]12C[C@@H](C)[C@@]3(CC(Cc4ccccc4)(O1)C2O)[C@H](C)C=C(COC(=O)Cc1ccc(O)c(OC)c1)C[C@]1(O)C(=O)C(C)=C[C@@H]31. The van der Waals surface area contributed by atoms with Crippen molar-refractivity contribution >= 4 is 11.8 Å². The summed E-state index contributed by atoms with van der Waals surface area (Å²) in [4.78, 5) is 26.8. The lowest BCUT2D eigenvalue weighted by molar-refractivity contribution is -0.333. The minimum Gasteiger partial charge on any atom is -0.504 e. The lowest BCUT2D eigenvalue weighted by atomic mass is 9.53. The molecule has 3 fully saturated rings. The fourth-order valence-corrected chi connectivity index (χ4v) is 9.38. The minimum atomic E-state index is -1.74. The van der Waals surface area contributed by atoms with Crippen LogP contribution in [-0.2, 0) is 31.9 Å². The summed E-state index contributed by atoms with van der Waals surface area (Å²) in [5.41, 5.74) is -0.699. The van der Waals surface area contributed by atoms with Crippen molar-refractivity contribution in [1.82, 2.24) is 0 Å². The number of benzene rings is 2. The summed E-state index contributed by atoms with van der Waals surface area (Å²) >= 11 is 0. The molecule has 2 bridgehead atoms. The maximum atomic E-state index is 13.9. The molecule has 2 unspecified atom stereocenters. The highest BCUT2D eigenvalue weighted by atomic mass is 16.6. The topological polar surface area (TPSA) is 123 Å². The summed E-state index contributed by atoms with van der Waals surface area (Å²) in [7, 11) is 1.44. The van der Waals surface area contributed by atoms with E-state index in [0.717, 1.165) is 11.1 Å². The predicted molar refractivity (Wildman–Crippen MR) is 177 cm³/mol. The second kappa shape index (κ2) is 11.8. The fraction of sp³-hybridized carbons (Fsp3) is 0.487. The predicted octanol–water partition coefficient (Wildman–Crippen LogP) is 5.43. The fourth-order valence-electron chi connectivity index (χ4n) is 9.38. The zero-order valence-corrected chi connectivity index (χ0v) is 27.9. The summed E-state index contributed by atoms with van der Waals surface area (Å²) in [6.45, 7) is 12.1. The first-order valence-corrected chi connectivity index (χ1v) is 16.5. The highest BCUT2D eigenvalue weighted by Gasteiger charge is 2.74. The monoisotopic (exact) mass is 642 g/mol. The van der Waals surface area contributed by atoms with E-state index in [1.165, 1.54) is 13.2 Å². The van der Waals surface area contributed by atoms with Gasteiger partial charge in [-0.25, -0.2) is 0 Å². The van der Waals surface area contributed by atoms with E-state index >= 15 is 0 Å². The number of phenolic OH excluding ortho intramolecular Hbond substituents is 1. The number of carbonyl (C=O) groups is 2. The molecule has 0 amide bonds. The van der Waals surface area contributed by atoms with Crippen LogP contribution in [0.2, 0.25) is 0 Å². The Morgan fingerprint density at radius 1 is 1.11 bits per heavy atom. The summed E-state index contributed by atoms with van der Waals surface area (Å²) in [6.07, 6.45) is 4.58. The number of fused-ring (bicyclic) bond motifs is 2. The molecule has 2 aliphatic heterocycles. The second-order valence-electron chi connectivity index (χ2n) is 14.5. The van der Waals surface area contributed by atoms with Crippen LogP contribution in [0.4, 0.5) is 0 Å². The Labute approximate surface area is 276 Å². The number of phenols is 1. The largest absolute Gasteiger partial charge is 0.504 e. The molecule has 0 aromatic heterocycles. The highest BCUT2D eigenvalue weighted by molar-refractivity contribution is 6.04. The van der Waals surface area contributed by atoms with Crippen molar-refractivity contribution in [2.24, 2.45) is 23.2 Å². The second-order valence-corrected chi connectivity index (χ2v) is 14.5. The number of allylic oxidation sites excluding steroid dienone is 1. The number of aliphatic hydroxyl groups excluding tert-OH is 1. The van der Waals surface area contributed by atoms with E-state index in [1.807, 2.05) is 43.3 Å². The van der Waals surface area contributed by atoms with Gasteiger partial charge in [0.15, 0.2) is 17.3 Å². The van der Waals surface area contributed by atoms with E-state index < -0.39 is 40.2 Å². The number of hydrogen-bond donors (Lipinski definition) is 3. The van der Waals surface area contributed by atoms with Crippen LogP contribution in [0.15, 0.2) is 84.0 Å². The molecule has 5 aliphatic rings. The van der Waals surface area contributed by atoms with E-state index in [1.54, 1.807) is 19.1 Å². The lowest BCUT2D eigenvalue weighted by Crippen LogP contribution is -2.73. The lowest BCUT2D eigenvalue weighted by Gasteiger charge is -2.61. The third kappa shape index (κ3) is 5.16. The molecule has 7 rings (SSSR count). The van der Waals surface area contributed by atoms with Crippen LogP contribution in [0.3, 0.4) is 0 Å². The third-order valence-corrected chi connectivity index (χ3v) is 11.6. The van der Waals surface area contributed by atoms with Crippen molar-refractivity contribution < 1.29 is 39.1 Å². The number of esters is 1. The molecule has 8 atom stereocenters. The Morgan fingerprint density at radius 3 is 2.49 bits per heavy atom. The molecule has 1 spiro atoms. The molecule has 2 saturated heterocycles. The van der Waals surface area contributed by atoms with Crippen molar-refractivity contribution in [3.8, 4) is 11.5 Å². The van der Waals surface area contributed by atoms with E-state index in [0.29, 0.717) is 36.0 Å². The average Bonchev–Trinajstić information content (AvgIpc) is 3.12. The molecule has 2 heterocycles. The molecule has 2 aromatic rings. The van der Waals surface area contributed by atoms with Crippen LogP contribution < -0.4 is 4.74 Å². The molecule has 8 heteroatoms. The molecular weight excluding hydrogens is 596 g/mol. The van der Waals surface area contributed by atoms with Gasteiger partial charge in [0, 0.05) is 18.8 Å². The zero-order chi connectivity index (χ0) is 33.9. The first-order chi connectivity index (χ1) is 22.2. The van der Waals surface area contributed by atoms with Crippen molar-refractivity contribution in [3.63, 3.8) is 0 Å².